The van der Waals surface area contributed by atoms with Crippen LogP contribution in [0.3, 0.4) is 0 Å². The number of pyridine rings is 2. The SMILES string of the molecule is CCC(N)=C(C)C(=NC1CCCCO1)c1cccc(-c2cccc(-c3cccc(-c4ccccn4)c3)c2)n1. The Morgan fingerprint density at radius 1 is 0.868 bits per heavy atom. The third kappa shape index (κ3) is 5.90. The van der Waals surface area contributed by atoms with E-state index in [4.69, 9.17) is 20.4 Å². The molecule has 38 heavy (non-hydrogen) atoms. The van der Waals surface area contributed by atoms with Gasteiger partial charge in [0.05, 0.1) is 22.8 Å². The number of aliphatic imine (C=N–C) groups is 1. The highest BCUT2D eigenvalue weighted by Crippen LogP contribution is 2.29. The Kier molecular flexibility index (Phi) is 8.05. The normalized spacial score (nSPS) is 16.7. The fraction of sp³-hybridized carbons (Fsp3) is 0.242. The molecule has 5 rings (SSSR count). The monoisotopic (exact) mass is 502 g/mol. The van der Waals surface area contributed by atoms with E-state index in [0.29, 0.717) is 0 Å². The van der Waals surface area contributed by atoms with Crippen molar-refractivity contribution in [2.45, 2.75) is 45.8 Å². The molecule has 2 aromatic heterocycles. The highest BCUT2D eigenvalue weighted by Gasteiger charge is 2.18. The van der Waals surface area contributed by atoms with E-state index in [9.17, 15) is 0 Å². The molecule has 1 unspecified atom stereocenters. The average Bonchev–Trinajstić information content (AvgIpc) is 3.00. The standard InChI is InChI=1S/C33H34N4O/c1-3-28(34)23(2)33(37-32-18-5-7-20-38-32)31-17-10-16-30(36-31)27-14-9-12-25(22-27)24-11-8-13-26(21-24)29-15-4-6-19-35-29/h4,6,8-17,19,21-22,32H,3,5,7,18,20,34H2,1-2H3. The van der Waals surface area contributed by atoms with E-state index in [0.717, 1.165) is 88.6 Å². The molecule has 5 nitrogen and oxygen atoms in total. The highest BCUT2D eigenvalue weighted by atomic mass is 16.5. The zero-order chi connectivity index (χ0) is 26.3. The number of hydrogen-bond donors (Lipinski definition) is 1. The number of aromatic nitrogens is 2. The lowest BCUT2D eigenvalue weighted by Crippen LogP contribution is -2.21. The van der Waals surface area contributed by atoms with Gasteiger partial charge in [0.2, 0.25) is 0 Å². The smallest absolute Gasteiger partial charge is 0.149 e. The molecule has 1 aliphatic heterocycles. The molecule has 3 heterocycles. The molecule has 2 N–H and O–H groups in total. The molecular formula is C33H34N4O. The average molecular weight is 503 g/mol. The zero-order valence-corrected chi connectivity index (χ0v) is 22.1. The first-order valence-electron chi connectivity index (χ1n) is 13.4. The second-order valence-corrected chi connectivity index (χ2v) is 9.59. The lowest BCUT2D eigenvalue weighted by Gasteiger charge is -2.21. The minimum Gasteiger partial charge on any atom is -0.402 e. The van der Waals surface area contributed by atoms with Crippen LogP contribution in [0.5, 0.6) is 0 Å². The van der Waals surface area contributed by atoms with Gasteiger partial charge in [-0.05, 0) is 85.7 Å². The van der Waals surface area contributed by atoms with Crippen molar-refractivity contribution in [3.8, 4) is 33.6 Å². The van der Waals surface area contributed by atoms with Crippen LogP contribution in [-0.2, 0) is 4.74 Å². The first kappa shape index (κ1) is 25.6. The van der Waals surface area contributed by atoms with Crippen molar-refractivity contribution in [1.29, 1.82) is 0 Å². The summed E-state index contributed by atoms with van der Waals surface area (Å²) in [6, 6.07) is 29.1. The Labute approximate surface area is 225 Å². The van der Waals surface area contributed by atoms with Crippen LogP contribution in [0.4, 0.5) is 0 Å². The van der Waals surface area contributed by atoms with E-state index >= 15 is 0 Å². The van der Waals surface area contributed by atoms with Gasteiger partial charge in [-0.15, -0.1) is 0 Å². The summed E-state index contributed by atoms with van der Waals surface area (Å²) in [6.07, 6.45) is 5.55. The zero-order valence-electron chi connectivity index (χ0n) is 22.1. The molecule has 0 saturated carbocycles. The molecule has 1 aliphatic rings. The second-order valence-electron chi connectivity index (χ2n) is 9.59. The molecule has 1 fully saturated rings. The molecule has 1 saturated heterocycles. The van der Waals surface area contributed by atoms with E-state index in [1.807, 2.05) is 49.5 Å². The Bertz CT molecular complexity index is 1450. The number of ether oxygens (including phenoxy) is 1. The topological polar surface area (TPSA) is 73.4 Å². The van der Waals surface area contributed by atoms with Gasteiger partial charge >= 0.3 is 0 Å². The number of rotatable bonds is 7. The summed E-state index contributed by atoms with van der Waals surface area (Å²) in [6.45, 7) is 4.84. The van der Waals surface area contributed by atoms with Gasteiger partial charge in [0.15, 0.2) is 0 Å². The predicted octanol–water partition coefficient (Wildman–Crippen LogP) is 7.44. The van der Waals surface area contributed by atoms with Gasteiger partial charge in [-0.2, -0.15) is 0 Å². The molecule has 0 aliphatic carbocycles. The summed E-state index contributed by atoms with van der Waals surface area (Å²) in [5, 5.41) is 0. The minimum atomic E-state index is -0.154. The summed E-state index contributed by atoms with van der Waals surface area (Å²) in [7, 11) is 0. The summed E-state index contributed by atoms with van der Waals surface area (Å²) >= 11 is 0. The van der Waals surface area contributed by atoms with Crippen molar-refractivity contribution in [2.75, 3.05) is 6.61 Å². The third-order valence-electron chi connectivity index (χ3n) is 6.95. The van der Waals surface area contributed by atoms with Gasteiger partial charge in [0.1, 0.15) is 6.23 Å². The molecule has 0 spiro atoms. The van der Waals surface area contributed by atoms with E-state index in [-0.39, 0.29) is 6.23 Å². The summed E-state index contributed by atoms with van der Waals surface area (Å²) in [5.74, 6) is 0. The van der Waals surface area contributed by atoms with Gasteiger partial charge in [0, 0.05) is 29.6 Å². The number of nitrogens with two attached hydrogens (primary N) is 1. The van der Waals surface area contributed by atoms with Gasteiger partial charge in [0.25, 0.3) is 0 Å². The van der Waals surface area contributed by atoms with E-state index in [1.165, 1.54) is 0 Å². The first-order valence-corrected chi connectivity index (χ1v) is 13.4. The van der Waals surface area contributed by atoms with Gasteiger partial charge < -0.3 is 10.5 Å². The quantitative estimate of drug-likeness (QED) is 0.267. The maximum absolute atomic E-state index is 6.37. The molecule has 0 amide bonds. The van der Waals surface area contributed by atoms with Crippen molar-refractivity contribution in [2.24, 2.45) is 10.7 Å². The van der Waals surface area contributed by atoms with E-state index in [1.54, 1.807) is 0 Å². The van der Waals surface area contributed by atoms with Crippen molar-refractivity contribution in [1.82, 2.24) is 9.97 Å². The van der Waals surface area contributed by atoms with Gasteiger partial charge in [-0.25, -0.2) is 4.98 Å². The van der Waals surface area contributed by atoms with Crippen LogP contribution in [0.1, 0.15) is 45.2 Å². The number of nitrogens with zero attached hydrogens (tertiary/aromatic N) is 3. The number of hydrogen-bond acceptors (Lipinski definition) is 5. The van der Waals surface area contributed by atoms with Crippen molar-refractivity contribution in [3.05, 3.63) is 108 Å². The van der Waals surface area contributed by atoms with Gasteiger partial charge in [-0.1, -0.05) is 55.5 Å². The second kappa shape index (κ2) is 12.0. The maximum Gasteiger partial charge on any atom is 0.149 e. The largest absolute Gasteiger partial charge is 0.402 e. The molecule has 0 radical (unpaired) electrons. The van der Waals surface area contributed by atoms with Crippen molar-refractivity contribution >= 4 is 5.71 Å². The summed E-state index contributed by atoms with van der Waals surface area (Å²) in [5.41, 5.74) is 16.0. The van der Waals surface area contributed by atoms with Crippen LogP contribution in [-0.4, -0.2) is 28.5 Å². The molecule has 4 aromatic rings. The highest BCUT2D eigenvalue weighted by molar-refractivity contribution is 6.11. The number of allylic oxidation sites excluding steroid dienone is 2. The van der Waals surface area contributed by atoms with Crippen LogP contribution in [0.2, 0.25) is 0 Å². The van der Waals surface area contributed by atoms with Crippen molar-refractivity contribution < 1.29 is 4.74 Å². The Morgan fingerprint density at radius 3 is 2.21 bits per heavy atom. The van der Waals surface area contributed by atoms with Crippen molar-refractivity contribution in [3.63, 3.8) is 0 Å². The molecular weight excluding hydrogens is 468 g/mol. The summed E-state index contributed by atoms with van der Waals surface area (Å²) < 4.78 is 5.93. The first-order chi connectivity index (χ1) is 18.6. The molecule has 2 aromatic carbocycles. The van der Waals surface area contributed by atoms with Crippen LogP contribution in [0, 0.1) is 0 Å². The molecule has 5 heteroatoms. The molecule has 1 atom stereocenters. The Hall–Kier alpha value is -4.09. The Balaban J connectivity index is 1.50. The minimum absolute atomic E-state index is 0.154. The molecule has 0 bridgehead atoms. The fourth-order valence-corrected chi connectivity index (χ4v) is 4.72. The Morgan fingerprint density at radius 2 is 1.55 bits per heavy atom. The predicted molar refractivity (Wildman–Crippen MR) is 156 cm³/mol. The van der Waals surface area contributed by atoms with Crippen LogP contribution >= 0.6 is 0 Å². The van der Waals surface area contributed by atoms with Crippen LogP contribution < -0.4 is 5.73 Å². The lowest BCUT2D eigenvalue weighted by molar-refractivity contribution is 0.0224. The maximum atomic E-state index is 6.37. The number of benzene rings is 2. The summed E-state index contributed by atoms with van der Waals surface area (Å²) in [4.78, 5) is 14.6. The van der Waals surface area contributed by atoms with Crippen LogP contribution in [0.15, 0.2) is 107 Å². The molecule has 192 valence electrons. The van der Waals surface area contributed by atoms with Gasteiger partial charge in [-0.3, -0.25) is 9.98 Å². The van der Waals surface area contributed by atoms with E-state index in [2.05, 4.69) is 60.4 Å². The van der Waals surface area contributed by atoms with E-state index < -0.39 is 0 Å². The third-order valence-corrected chi connectivity index (χ3v) is 6.95. The van der Waals surface area contributed by atoms with Crippen LogP contribution in [0.25, 0.3) is 33.6 Å². The lowest BCUT2D eigenvalue weighted by atomic mass is 9.98. The fourth-order valence-electron chi connectivity index (χ4n) is 4.72.